The first-order valence-corrected chi connectivity index (χ1v) is 13.2. The molecular formula is C32H37NO5. The summed E-state index contributed by atoms with van der Waals surface area (Å²) in [6.07, 6.45) is 9.99. The number of aliphatic carboxylic acids is 1. The van der Waals surface area contributed by atoms with E-state index in [0.29, 0.717) is 13.2 Å². The Hall–Kier alpha value is -3.90. The van der Waals surface area contributed by atoms with Crippen molar-refractivity contribution in [2.45, 2.75) is 38.5 Å². The van der Waals surface area contributed by atoms with Crippen molar-refractivity contribution in [3.63, 3.8) is 0 Å². The fourth-order valence-corrected chi connectivity index (χ4v) is 4.26. The number of benzene rings is 3. The highest BCUT2D eigenvalue weighted by Crippen LogP contribution is 2.23. The lowest BCUT2D eigenvalue weighted by Gasteiger charge is -2.14. The maximum atomic E-state index is 11.2. The van der Waals surface area contributed by atoms with Gasteiger partial charge in [0.05, 0.1) is 18.7 Å². The molecule has 3 aromatic carbocycles. The zero-order chi connectivity index (χ0) is 27.0. The smallest absolute Gasteiger partial charge is 0.335 e. The molecule has 0 spiro atoms. The monoisotopic (exact) mass is 515 g/mol. The van der Waals surface area contributed by atoms with Crippen molar-refractivity contribution < 1.29 is 24.5 Å². The second-order valence-electron chi connectivity index (χ2n) is 9.37. The van der Waals surface area contributed by atoms with Crippen LogP contribution in [0.2, 0.25) is 0 Å². The van der Waals surface area contributed by atoms with Crippen LogP contribution in [0, 0.1) is 5.92 Å². The molecule has 0 saturated heterocycles. The number of unbranched alkanes of at least 4 members (excludes halogenated alkanes) is 2. The maximum Gasteiger partial charge on any atom is 0.335 e. The van der Waals surface area contributed by atoms with Gasteiger partial charge in [-0.05, 0) is 80.3 Å². The first-order chi connectivity index (χ1) is 18.5. The predicted octanol–water partition coefficient (Wildman–Crippen LogP) is 6.11. The summed E-state index contributed by atoms with van der Waals surface area (Å²) in [4.78, 5) is 22.0. The quantitative estimate of drug-likeness (QED) is 0.188. The van der Waals surface area contributed by atoms with E-state index in [0.717, 1.165) is 55.4 Å². The van der Waals surface area contributed by atoms with Crippen molar-refractivity contribution in [3.05, 3.63) is 107 Å². The van der Waals surface area contributed by atoms with Crippen molar-refractivity contribution in [2.75, 3.05) is 19.7 Å². The number of carboxylic acid groups (broad SMARTS) is 2. The average molecular weight is 516 g/mol. The van der Waals surface area contributed by atoms with Gasteiger partial charge in [0.2, 0.25) is 0 Å². The van der Waals surface area contributed by atoms with E-state index in [1.807, 2.05) is 42.5 Å². The zero-order valence-corrected chi connectivity index (χ0v) is 21.7. The molecule has 3 rings (SSSR count). The molecule has 38 heavy (non-hydrogen) atoms. The predicted molar refractivity (Wildman–Crippen MR) is 151 cm³/mol. The summed E-state index contributed by atoms with van der Waals surface area (Å²) in [6.45, 7) is 1.15. The number of aryl methyl sites for hydroxylation is 1. The van der Waals surface area contributed by atoms with Crippen molar-refractivity contribution in [2.24, 2.45) is 5.92 Å². The molecule has 0 amide bonds. The Balaban J connectivity index is 1.56. The Morgan fingerprint density at radius 3 is 2.32 bits per heavy atom. The van der Waals surface area contributed by atoms with Gasteiger partial charge in [0.1, 0.15) is 5.75 Å². The van der Waals surface area contributed by atoms with E-state index in [1.54, 1.807) is 12.1 Å². The van der Waals surface area contributed by atoms with Crippen LogP contribution in [-0.4, -0.2) is 41.8 Å². The maximum absolute atomic E-state index is 11.2. The lowest BCUT2D eigenvalue weighted by atomic mass is 9.94. The molecule has 200 valence electrons. The van der Waals surface area contributed by atoms with E-state index >= 15 is 0 Å². The lowest BCUT2D eigenvalue weighted by Crippen LogP contribution is -2.25. The van der Waals surface area contributed by atoms with Crippen LogP contribution >= 0.6 is 0 Å². The van der Waals surface area contributed by atoms with Crippen LogP contribution in [0.1, 0.15) is 52.7 Å². The SMILES string of the molecule is O=C(O)CNCCC(/C=C\c1ccccc1OCCCCCc1ccccc1)Cc1ccc(C(=O)O)cc1. The fraction of sp³-hybridized carbons (Fsp3) is 0.312. The van der Waals surface area contributed by atoms with Gasteiger partial charge in [0.25, 0.3) is 0 Å². The zero-order valence-electron chi connectivity index (χ0n) is 21.7. The molecule has 6 heteroatoms. The van der Waals surface area contributed by atoms with Crippen molar-refractivity contribution >= 4 is 18.0 Å². The van der Waals surface area contributed by atoms with Gasteiger partial charge in [-0.3, -0.25) is 4.79 Å². The van der Waals surface area contributed by atoms with Crippen molar-refractivity contribution in [3.8, 4) is 5.75 Å². The molecule has 0 saturated carbocycles. The van der Waals surface area contributed by atoms with Crippen LogP contribution in [0.15, 0.2) is 84.9 Å². The number of aromatic carboxylic acids is 1. The largest absolute Gasteiger partial charge is 0.493 e. The number of nitrogens with one attached hydrogen (secondary N) is 1. The Bertz CT molecular complexity index is 1160. The molecule has 0 aliphatic rings. The molecule has 0 aliphatic carbocycles. The van der Waals surface area contributed by atoms with Gasteiger partial charge in [-0.15, -0.1) is 0 Å². The number of ether oxygens (including phenoxy) is 1. The van der Waals surface area contributed by atoms with Crippen molar-refractivity contribution in [1.82, 2.24) is 5.32 Å². The van der Waals surface area contributed by atoms with Gasteiger partial charge in [-0.1, -0.05) is 72.8 Å². The van der Waals surface area contributed by atoms with Gasteiger partial charge < -0.3 is 20.3 Å². The minimum Gasteiger partial charge on any atom is -0.493 e. The van der Waals surface area contributed by atoms with Gasteiger partial charge in [0.15, 0.2) is 0 Å². The fourth-order valence-electron chi connectivity index (χ4n) is 4.26. The van der Waals surface area contributed by atoms with Gasteiger partial charge >= 0.3 is 11.9 Å². The first kappa shape index (κ1) is 28.7. The number of rotatable bonds is 17. The van der Waals surface area contributed by atoms with Gasteiger partial charge in [-0.25, -0.2) is 4.79 Å². The number of allylic oxidation sites excluding steroid dienone is 1. The molecule has 1 atom stereocenters. The van der Waals surface area contributed by atoms with E-state index < -0.39 is 11.9 Å². The number of carboxylic acids is 2. The number of hydrogen-bond acceptors (Lipinski definition) is 4. The van der Waals surface area contributed by atoms with Crippen LogP contribution < -0.4 is 10.1 Å². The number of para-hydroxylation sites is 1. The minimum absolute atomic E-state index is 0.0776. The van der Waals surface area contributed by atoms with E-state index in [1.165, 1.54) is 5.56 Å². The lowest BCUT2D eigenvalue weighted by molar-refractivity contribution is -0.135. The molecule has 3 N–H and O–H groups in total. The topological polar surface area (TPSA) is 95.9 Å². The highest BCUT2D eigenvalue weighted by atomic mass is 16.5. The third-order valence-electron chi connectivity index (χ3n) is 6.34. The standard InChI is InChI=1S/C32H37NO5/c34-31(35)24-33-21-20-27(23-26-15-18-29(19-16-26)32(36)37)14-17-28-12-6-7-13-30(28)38-22-8-2-5-11-25-9-3-1-4-10-25/h1,3-4,6-7,9-10,12-19,27,33H,2,5,8,11,20-24H2,(H,34,35)(H,36,37)/b17-14-. The third kappa shape index (κ3) is 10.6. The molecule has 0 radical (unpaired) electrons. The summed E-state index contributed by atoms with van der Waals surface area (Å²) < 4.78 is 6.12. The second kappa shape index (κ2) is 16.0. The van der Waals surface area contributed by atoms with Crippen LogP contribution in [0.5, 0.6) is 5.75 Å². The van der Waals surface area contributed by atoms with E-state index in [-0.39, 0.29) is 18.0 Å². The Morgan fingerprint density at radius 1 is 0.842 bits per heavy atom. The Kier molecular flexibility index (Phi) is 12.1. The summed E-state index contributed by atoms with van der Waals surface area (Å²) in [7, 11) is 0. The number of hydrogen-bond donors (Lipinski definition) is 3. The molecule has 6 nitrogen and oxygen atoms in total. The average Bonchev–Trinajstić information content (AvgIpc) is 2.92. The van der Waals surface area contributed by atoms with Crippen LogP contribution in [0.3, 0.4) is 0 Å². The highest BCUT2D eigenvalue weighted by Gasteiger charge is 2.10. The molecule has 0 heterocycles. The molecule has 0 aromatic heterocycles. The molecular weight excluding hydrogens is 478 g/mol. The van der Waals surface area contributed by atoms with E-state index in [4.69, 9.17) is 14.9 Å². The summed E-state index contributed by atoms with van der Waals surface area (Å²) >= 11 is 0. The summed E-state index contributed by atoms with van der Waals surface area (Å²) in [6, 6.07) is 25.4. The molecule has 3 aromatic rings. The normalized spacial score (nSPS) is 11.9. The number of carbonyl (C=O) groups is 2. The van der Waals surface area contributed by atoms with Crippen LogP contribution in [-0.2, 0) is 17.6 Å². The second-order valence-corrected chi connectivity index (χ2v) is 9.37. The highest BCUT2D eigenvalue weighted by molar-refractivity contribution is 5.87. The molecule has 1 unspecified atom stereocenters. The summed E-state index contributed by atoms with van der Waals surface area (Å²) in [5.74, 6) is -0.843. The first-order valence-electron chi connectivity index (χ1n) is 13.2. The molecule has 0 bridgehead atoms. The minimum atomic E-state index is -0.946. The van der Waals surface area contributed by atoms with Gasteiger partial charge in [-0.2, -0.15) is 0 Å². The Morgan fingerprint density at radius 2 is 1.58 bits per heavy atom. The van der Waals surface area contributed by atoms with Crippen molar-refractivity contribution in [1.29, 1.82) is 0 Å². The summed E-state index contributed by atoms with van der Waals surface area (Å²) in [5, 5.41) is 21.0. The van der Waals surface area contributed by atoms with Gasteiger partial charge in [0, 0.05) is 5.56 Å². The summed E-state index contributed by atoms with van der Waals surface area (Å²) in [5.41, 5.74) is 3.66. The molecule has 0 aliphatic heterocycles. The Labute approximate surface area is 225 Å². The van der Waals surface area contributed by atoms with Crippen LogP contribution in [0.25, 0.3) is 6.08 Å². The third-order valence-corrected chi connectivity index (χ3v) is 6.34. The van der Waals surface area contributed by atoms with E-state index in [9.17, 15) is 9.59 Å². The van der Waals surface area contributed by atoms with Crippen LogP contribution in [0.4, 0.5) is 0 Å². The van der Waals surface area contributed by atoms with E-state index in [2.05, 4.69) is 41.7 Å². The molecule has 0 fully saturated rings.